The van der Waals surface area contributed by atoms with Crippen molar-refractivity contribution in [3.05, 3.63) is 88.2 Å². The van der Waals surface area contributed by atoms with Crippen LogP contribution in [-0.4, -0.2) is 46.6 Å². The van der Waals surface area contributed by atoms with Crippen molar-refractivity contribution in [2.24, 2.45) is 0 Å². The lowest BCUT2D eigenvalue weighted by atomic mass is 9.85. The summed E-state index contributed by atoms with van der Waals surface area (Å²) in [6.07, 6.45) is 3.84. The van der Waals surface area contributed by atoms with Crippen LogP contribution < -0.4 is 5.32 Å². The maximum absolute atomic E-state index is 15.2. The molecule has 40 heavy (non-hydrogen) atoms. The number of nitriles is 1. The fraction of sp³-hybridized carbons (Fsp3) is 0.286. The average molecular weight is 586 g/mol. The Labute approximate surface area is 233 Å². The minimum Gasteiger partial charge on any atom is -0.340 e. The predicted octanol–water partition coefficient (Wildman–Crippen LogP) is 5.87. The first-order valence-electron chi connectivity index (χ1n) is 12.3. The Balaban J connectivity index is 1.79. The lowest BCUT2D eigenvalue weighted by molar-refractivity contribution is -0.187. The average Bonchev–Trinajstić information content (AvgIpc) is 3.55. The van der Waals surface area contributed by atoms with Gasteiger partial charge in [-0.2, -0.15) is 18.4 Å². The molecule has 0 spiro atoms. The van der Waals surface area contributed by atoms with Crippen LogP contribution in [0.3, 0.4) is 0 Å². The SMILES string of the molecule is CNC(c1nc2ccc(C#N)cc2[nH]1)(c1ccc(C)c2c1ccn2S(=O)(=O)C1(C)C=C(SC)C=CC1)C(F)(F)F. The number of hydrogen-bond acceptors (Lipinski definition) is 6. The number of fused-ring (bicyclic) bond motifs is 2. The standard InChI is InChI=1S/C28H26F3N5O2S2/c1-17-7-9-21(20-11-13-36(24(17)20)40(37,38)26(2)12-5-6-19(15-26)39-4)27(33-3,28(29,30)31)25-34-22-10-8-18(16-32)14-23(22)35-25/h5-11,13-15,33H,12H2,1-4H3,(H,34,35). The van der Waals surface area contributed by atoms with E-state index in [1.807, 2.05) is 18.4 Å². The second-order valence-electron chi connectivity index (χ2n) is 9.91. The molecule has 0 aliphatic heterocycles. The van der Waals surface area contributed by atoms with Gasteiger partial charge in [-0.25, -0.2) is 17.4 Å². The highest BCUT2D eigenvalue weighted by molar-refractivity contribution is 8.02. The van der Waals surface area contributed by atoms with Crippen molar-refractivity contribution in [3.8, 4) is 6.07 Å². The van der Waals surface area contributed by atoms with E-state index in [0.29, 0.717) is 5.56 Å². The van der Waals surface area contributed by atoms with E-state index in [1.165, 1.54) is 61.4 Å². The highest BCUT2D eigenvalue weighted by Gasteiger charge is 2.59. The Morgan fingerprint density at radius 1 is 1.23 bits per heavy atom. The number of aromatic nitrogens is 3. The van der Waals surface area contributed by atoms with Gasteiger partial charge in [-0.3, -0.25) is 5.32 Å². The minimum atomic E-state index is -4.90. The number of hydrogen-bond donors (Lipinski definition) is 2. The fourth-order valence-corrected chi connectivity index (χ4v) is 7.76. The van der Waals surface area contributed by atoms with Gasteiger partial charge in [0.15, 0.2) is 5.54 Å². The van der Waals surface area contributed by atoms with Crippen molar-refractivity contribution in [3.63, 3.8) is 0 Å². The summed E-state index contributed by atoms with van der Waals surface area (Å²) in [5, 5.41) is 11.8. The molecule has 2 heterocycles. The van der Waals surface area contributed by atoms with Gasteiger partial charge in [0, 0.05) is 16.5 Å². The van der Waals surface area contributed by atoms with Crippen LogP contribution in [0, 0.1) is 18.3 Å². The van der Waals surface area contributed by atoms with E-state index in [2.05, 4.69) is 15.3 Å². The van der Waals surface area contributed by atoms with Gasteiger partial charge in [0.1, 0.15) is 10.6 Å². The molecule has 0 radical (unpaired) electrons. The van der Waals surface area contributed by atoms with Crippen molar-refractivity contribution in [2.75, 3.05) is 13.3 Å². The molecular weight excluding hydrogens is 559 g/mol. The minimum absolute atomic E-state index is 0.123. The molecule has 2 atom stereocenters. The molecule has 1 aliphatic rings. The Morgan fingerprint density at radius 3 is 2.62 bits per heavy atom. The van der Waals surface area contributed by atoms with Gasteiger partial charge in [-0.05, 0) is 75.0 Å². The van der Waals surface area contributed by atoms with E-state index in [9.17, 15) is 13.7 Å². The fourth-order valence-electron chi connectivity index (χ4n) is 5.34. The summed E-state index contributed by atoms with van der Waals surface area (Å²) in [7, 11) is -2.90. The Bertz CT molecular complexity index is 1860. The summed E-state index contributed by atoms with van der Waals surface area (Å²) in [4.78, 5) is 7.83. The number of halogens is 3. The first kappa shape index (κ1) is 28.0. The molecule has 0 saturated heterocycles. The molecule has 2 N–H and O–H groups in total. The van der Waals surface area contributed by atoms with E-state index in [1.54, 1.807) is 26.0 Å². The molecule has 0 bridgehead atoms. The van der Waals surface area contributed by atoms with Gasteiger partial charge in [-0.15, -0.1) is 11.8 Å². The van der Waals surface area contributed by atoms with Crippen molar-refractivity contribution in [1.29, 1.82) is 5.26 Å². The third-order valence-corrected chi connectivity index (χ3v) is 10.5. The smallest absolute Gasteiger partial charge is 0.340 e. The summed E-state index contributed by atoms with van der Waals surface area (Å²) in [5.74, 6) is -0.426. The van der Waals surface area contributed by atoms with E-state index in [4.69, 9.17) is 0 Å². The molecule has 2 aromatic heterocycles. The van der Waals surface area contributed by atoms with Crippen LogP contribution in [0.5, 0.6) is 0 Å². The third kappa shape index (κ3) is 3.98. The van der Waals surface area contributed by atoms with Gasteiger partial charge in [0.2, 0.25) is 10.0 Å². The first-order chi connectivity index (χ1) is 18.8. The quantitative estimate of drug-likeness (QED) is 0.294. The van der Waals surface area contributed by atoms with Gasteiger partial charge in [-0.1, -0.05) is 24.3 Å². The first-order valence-corrected chi connectivity index (χ1v) is 14.9. The number of nitrogens with zero attached hydrogens (tertiary/aromatic N) is 3. The predicted molar refractivity (Wildman–Crippen MR) is 151 cm³/mol. The number of imidazole rings is 1. The van der Waals surface area contributed by atoms with Crippen molar-refractivity contribution in [1.82, 2.24) is 19.3 Å². The number of rotatable bonds is 6. The number of aromatic amines is 1. The summed E-state index contributed by atoms with van der Waals surface area (Å²) in [5.41, 5.74) is -1.54. The summed E-state index contributed by atoms with van der Waals surface area (Å²) < 4.78 is 73.6. The second kappa shape index (κ2) is 9.54. The molecule has 208 valence electrons. The van der Waals surface area contributed by atoms with Gasteiger partial charge in [0.05, 0.1) is 28.2 Å². The molecular formula is C28H26F3N5O2S2. The third-order valence-electron chi connectivity index (χ3n) is 7.52. The summed E-state index contributed by atoms with van der Waals surface area (Å²) in [6, 6.07) is 10.6. The molecule has 5 rings (SSSR count). The zero-order valence-corrected chi connectivity index (χ0v) is 23.7. The number of H-pyrrole nitrogens is 1. The molecule has 12 heteroatoms. The topological polar surface area (TPSA) is 104 Å². The summed E-state index contributed by atoms with van der Waals surface area (Å²) in [6.45, 7) is 3.29. The second-order valence-corrected chi connectivity index (χ2v) is 13.1. The van der Waals surface area contributed by atoms with E-state index >= 15 is 13.2 Å². The number of allylic oxidation sites excluding steroid dienone is 2. The summed E-state index contributed by atoms with van der Waals surface area (Å²) >= 11 is 1.42. The van der Waals surface area contributed by atoms with E-state index < -0.39 is 32.3 Å². The molecule has 1 aliphatic carbocycles. The molecule has 0 amide bonds. The van der Waals surface area contributed by atoms with Crippen LogP contribution >= 0.6 is 11.8 Å². The zero-order valence-electron chi connectivity index (χ0n) is 22.1. The number of benzene rings is 2. The highest BCUT2D eigenvalue weighted by Crippen LogP contribution is 2.47. The van der Waals surface area contributed by atoms with Crippen LogP contribution in [0.15, 0.2) is 65.7 Å². The number of aryl methyl sites for hydroxylation is 1. The molecule has 2 unspecified atom stereocenters. The van der Waals surface area contributed by atoms with Gasteiger partial charge >= 0.3 is 6.18 Å². The molecule has 0 fully saturated rings. The highest BCUT2D eigenvalue weighted by atomic mass is 32.2. The monoisotopic (exact) mass is 585 g/mol. The number of alkyl halides is 3. The zero-order chi connectivity index (χ0) is 29.1. The van der Waals surface area contributed by atoms with E-state index in [0.717, 1.165) is 8.88 Å². The Kier molecular flexibility index (Phi) is 6.68. The normalized spacial score (nSPS) is 19.5. The van der Waals surface area contributed by atoms with Crippen molar-refractivity contribution >= 4 is 43.7 Å². The van der Waals surface area contributed by atoms with E-state index in [-0.39, 0.29) is 39.5 Å². The van der Waals surface area contributed by atoms with Crippen LogP contribution in [0.2, 0.25) is 0 Å². The largest absolute Gasteiger partial charge is 0.418 e. The maximum Gasteiger partial charge on any atom is 0.418 e. The molecule has 2 aromatic carbocycles. The molecule has 4 aromatic rings. The molecule has 0 saturated carbocycles. The van der Waals surface area contributed by atoms with Crippen molar-refractivity contribution < 1.29 is 21.6 Å². The lowest BCUT2D eigenvalue weighted by Crippen LogP contribution is -2.54. The molecule has 7 nitrogen and oxygen atoms in total. The van der Waals surface area contributed by atoms with Gasteiger partial charge < -0.3 is 4.98 Å². The number of nitrogens with one attached hydrogen (secondary N) is 2. The Morgan fingerprint density at radius 2 is 1.98 bits per heavy atom. The van der Waals surface area contributed by atoms with Gasteiger partial charge in [0.25, 0.3) is 0 Å². The van der Waals surface area contributed by atoms with Crippen LogP contribution in [0.4, 0.5) is 13.2 Å². The maximum atomic E-state index is 15.2. The van der Waals surface area contributed by atoms with Crippen LogP contribution in [0.1, 0.15) is 35.9 Å². The number of thioether (sulfide) groups is 1. The van der Waals surface area contributed by atoms with Crippen LogP contribution in [-0.2, 0) is 15.6 Å². The van der Waals surface area contributed by atoms with Crippen molar-refractivity contribution in [2.45, 2.75) is 36.7 Å². The van der Waals surface area contributed by atoms with Crippen LogP contribution in [0.25, 0.3) is 21.9 Å². The lowest BCUT2D eigenvalue weighted by Gasteiger charge is -2.35. The Hall–Kier alpha value is -3.53.